The van der Waals surface area contributed by atoms with E-state index in [-0.39, 0.29) is 42.0 Å². The maximum Gasteiger partial charge on any atom is 0.226 e. The predicted molar refractivity (Wildman–Crippen MR) is 151 cm³/mol. The number of nitrogens with zero attached hydrogens (tertiary/aromatic N) is 3. The molecule has 39 heavy (non-hydrogen) atoms. The van der Waals surface area contributed by atoms with Crippen LogP contribution in [0.25, 0.3) is 0 Å². The summed E-state index contributed by atoms with van der Waals surface area (Å²) < 4.78 is 5.36. The smallest absolute Gasteiger partial charge is 0.226 e. The number of aliphatic hydroxyl groups excluding tert-OH is 1. The minimum absolute atomic E-state index is 0.0779. The molecule has 0 radical (unpaired) electrons. The molecule has 2 saturated carbocycles. The van der Waals surface area contributed by atoms with Crippen molar-refractivity contribution in [2.45, 2.75) is 82.6 Å². The highest BCUT2D eigenvalue weighted by Gasteiger charge is 2.51. The van der Waals surface area contributed by atoms with Crippen molar-refractivity contribution in [1.82, 2.24) is 25.8 Å². The van der Waals surface area contributed by atoms with Gasteiger partial charge in [0.05, 0.1) is 25.3 Å². The van der Waals surface area contributed by atoms with Crippen molar-refractivity contribution in [2.75, 3.05) is 59.1 Å². The molecule has 6 rings (SSSR count). The van der Waals surface area contributed by atoms with Crippen molar-refractivity contribution >= 4 is 11.9 Å². The van der Waals surface area contributed by atoms with E-state index < -0.39 is 0 Å². The Morgan fingerprint density at radius 2 is 2.00 bits per heavy atom. The summed E-state index contributed by atoms with van der Waals surface area (Å²) in [4.78, 5) is 23.4. The largest absolute Gasteiger partial charge is 0.396 e. The summed E-state index contributed by atoms with van der Waals surface area (Å²) in [5.74, 6) is 2.43. The van der Waals surface area contributed by atoms with E-state index in [1.807, 2.05) is 0 Å². The molecular weight excluding hydrogens is 494 g/mol. The standard InChI is InChI=1S/C29H51N7O3/c1-18-21(27(38)36-10-8-35(9-11-36)20-14-39-15-20)4-3-5-24(18)33-28-31-7-6-25(34-28)19-12-22-26(23(30)13-19)32-16-29(22,2)17-37/h18-26,32,37H,3-17,30H2,1-2H3,(H2,31,33,34)/t18?,19?,21?,22?,23?,24?,25?,26?,29-/m1/s1. The van der Waals surface area contributed by atoms with Gasteiger partial charge in [-0.2, -0.15) is 0 Å². The highest BCUT2D eigenvalue weighted by Crippen LogP contribution is 2.46. The van der Waals surface area contributed by atoms with Gasteiger partial charge in [0.1, 0.15) is 0 Å². The van der Waals surface area contributed by atoms with Crippen LogP contribution in [0.3, 0.4) is 0 Å². The first-order valence-corrected chi connectivity index (χ1v) is 15.6. The number of guanidine groups is 1. The van der Waals surface area contributed by atoms with Gasteiger partial charge in [0.2, 0.25) is 5.91 Å². The van der Waals surface area contributed by atoms with Crippen molar-refractivity contribution in [3.8, 4) is 0 Å². The van der Waals surface area contributed by atoms with Crippen LogP contribution >= 0.6 is 0 Å². The fraction of sp³-hybridized carbons (Fsp3) is 0.931. The molecule has 10 nitrogen and oxygen atoms in total. The molecule has 1 amide bonds. The number of carbonyl (C=O) groups is 1. The average molecular weight is 546 g/mol. The first-order valence-electron chi connectivity index (χ1n) is 15.6. The van der Waals surface area contributed by atoms with Crippen LogP contribution in [0.15, 0.2) is 4.99 Å². The number of nitrogens with one attached hydrogen (secondary N) is 3. The van der Waals surface area contributed by atoms with Gasteiger partial charge >= 0.3 is 0 Å². The van der Waals surface area contributed by atoms with Crippen LogP contribution in [0, 0.1) is 29.1 Å². The summed E-state index contributed by atoms with van der Waals surface area (Å²) in [6, 6.07) is 1.46. The van der Waals surface area contributed by atoms with Crippen LogP contribution in [0.4, 0.5) is 0 Å². The van der Waals surface area contributed by atoms with E-state index in [0.717, 1.165) is 97.0 Å². The molecule has 10 heteroatoms. The van der Waals surface area contributed by atoms with E-state index in [0.29, 0.717) is 29.8 Å². The summed E-state index contributed by atoms with van der Waals surface area (Å²) in [6.45, 7) is 11.7. The number of piperazine rings is 1. The first-order chi connectivity index (χ1) is 18.9. The zero-order chi connectivity index (χ0) is 27.1. The summed E-state index contributed by atoms with van der Waals surface area (Å²) in [5, 5.41) is 21.0. The zero-order valence-electron chi connectivity index (χ0n) is 24.0. The zero-order valence-corrected chi connectivity index (χ0v) is 24.0. The number of aliphatic hydroxyl groups is 1. The van der Waals surface area contributed by atoms with Gasteiger partial charge in [0, 0.05) is 75.3 Å². The summed E-state index contributed by atoms with van der Waals surface area (Å²) in [7, 11) is 0. The van der Waals surface area contributed by atoms with Gasteiger partial charge in [0.15, 0.2) is 5.96 Å². The Morgan fingerprint density at radius 3 is 2.72 bits per heavy atom. The third-order valence-corrected chi connectivity index (χ3v) is 11.3. The summed E-state index contributed by atoms with van der Waals surface area (Å²) in [6.07, 6.45) is 6.20. The number of hydrogen-bond donors (Lipinski definition) is 5. The lowest BCUT2D eigenvalue weighted by Crippen LogP contribution is -2.59. The average Bonchev–Trinajstić information content (AvgIpc) is 3.27. The van der Waals surface area contributed by atoms with Crippen LogP contribution < -0.4 is 21.7 Å². The third kappa shape index (κ3) is 5.44. The normalized spacial score (nSPS) is 43.7. The number of hydrogen-bond acceptors (Lipinski definition) is 9. The molecule has 0 bridgehead atoms. The Labute approximate surface area is 233 Å². The first kappa shape index (κ1) is 27.7. The third-order valence-electron chi connectivity index (χ3n) is 11.3. The van der Waals surface area contributed by atoms with Gasteiger partial charge < -0.3 is 36.4 Å². The Kier molecular flexibility index (Phi) is 8.12. The second-order valence-corrected chi connectivity index (χ2v) is 13.7. The van der Waals surface area contributed by atoms with E-state index in [9.17, 15) is 9.90 Å². The van der Waals surface area contributed by atoms with Crippen LogP contribution in [0.5, 0.6) is 0 Å². The SMILES string of the molecule is CC1C(NC2=NC(C3CC(N)C4NC[C@](C)(CO)C4C3)CCN2)CCCC1C(=O)N1CCN(C2COC2)CC1. The van der Waals surface area contributed by atoms with Gasteiger partial charge in [-0.15, -0.1) is 0 Å². The molecule has 0 spiro atoms. The van der Waals surface area contributed by atoms with E-state index in [1.165, 1.54) is 0 Å². The summed E-state index contributed by atoms with van der Waals surface area (Å²) >= 11 is 0. The minimum atomic E-state index is -0.101. The molecule has 6 aliphatic rings. The fourth-order valence-corrected chi connectivity index (χ4v) is 8.46. The van der Waals surface area contributed by atoms with Crippen LogP contribution in [-0.2, 0) is 9.53 Å². The van der Waals surface area contributed by atoms with Crippen molar-refractivity contribution in [3.05, 3.63) is 0 Å². The molecular formula is C29H51N7O3. The quantitative estimate of drug-likeness (QED) is 0.326. The lowest BCUT2D eigenvalue weighted by molar-refractivity contribution is -0.142. The number of amides is 1. The molecule has 0 aromatic rings. The topological polar surface area (TPSA) is 127 Å². The highest BCUT2D eigenvalue weighted by atomic mass is 16.5. The lowest BCUT2D eigenvalue weighted by Gasteiger charge is -2.45. The molecule has 6 N–H and O–H groups in total. The number of carbonyl (C=O) groups excluding carboxylic acids is 1. The number of aliphatic imine (C=N–C) groups is 1. The van der Waals surface area contributed by atoms with E-state index in [1.54, 1.807) is 0 Å². The molecule has 4 aliphatic heterocycles. The van der Waals surface area contributed by atoms with Crippen molar-refractivity contribution in [3.63, 3.8) is 0 Å². The predicted octanol–water partition coefficient (Wildman–Crippen LogP) is -0.0344. The van der Waals surface area contributed by atoms with Crippen LogP contribution in [0.1, 0.15) is 52.4 Å². The number of fused-ring (bicyclic) bond motifs is 1. The number of rotatable bonds is 5. The van der Waals surface area contributed by atoms with Gasteiger partial charge in [-0.05, 0) is 49.9 Å². The monoisotopic (exact) mass is 545 g/mol. The summed E-state index contributed by atoms with van der Waals surface area (Å²) in [5.41, 5.74) is 6.56. The lowest BCUT2D eigenvalue weighted by atomic mass is 9.65. The van der Waals surface area contributed by atoms with E-state index in [4.69, 9.17) is 15.5 Å². The second-order valence-electron chi connectivity index (χ2n) is 13.7. The van der Waals surface area contributed by atoms with Crippen molar-refractivity contribution in [2.24, 2.45) is 39.8 Å². The second kappa shape index (κ2) is 11.4. The maximum atomic E-state index is 13.6. The van der Waals surface area contributed by atoms with Gasteiger partial charge in [-0.3, -0.25) is 9.69 Å². The molecule has 8 unspecified atom stereocenters. The molecule has 3 saturated heterocycles. The van der Waals surface area contributed by atoms with Crippen molar-refractivity contribution < 1.29 is 14.6 Å². The van der Waals surface area contributed by atoms with E-state index >= 15 is 0 Å². The van der Waals surface area contributed by atoms with E-state index in [2.05, 4.69) is 39.6 Å². The van der Waals surface area contributed by atoms with Gasteiger partial charge in [0.25, 0.3) is 0 Å². The Balaban J connectivity index is 1.06. The minimum Gasteiger partial charge on any atom is -0.396 e. The molecule has 5 fully saturated rings. The van der Waals surface area contributed by atoms with Crippen LogP contribution in [-0.4, -0.2) is 116 Å². The molecule has 0 aromatic carbocycles. The Bertz CT molecular complexity index is 907. The molecule has 4 heterocycles. The molecule has 220 valence electrons. The molecule has 9 atom stereocenters. The van der Waals surface area contributed by atoms with Crippen LogP contribution in [0.2, 0.25) is 0 Å². The number of ether oxygens (including phenoxy) is 1. The highest BCUT2D eigenvalue weighted by molar-refractivity contribution is 5.82. The fourth-order valence-electron chi connectivity index (χ4n) is 8.46. The Hall–Kier alpha value is -1.46. The number of nitrogens with two attached hydrogens (primary N) is 1. The van der Waals surface area contributed by atoms with Gasteiger partial charge in [-0.25, -0.2) is 4.99 Å². The molecule has 2 aliphatic carbocycles. The van der Waals surface area contributed by atoms with Crippen molar-refractivity contribution in [1.29, 1.82) is 0 Å². The maximum absolute atomic E-state index is 13.6. The Morgan fingerprint density at radius 1 is 1.21 bits per heavy atom. The van der Waals surface area contributed by atoms with Gasteiger partial charge in [-0.1, -0.05) is 20.3 Å². The molecule has 0 aromatic heterocycles.